The van der Waals surface area contributed by atoms with Crippen molar-refractivity contribution in [1.82, 2.24) is 19.5 Å². The number of aromatic amines is 2. The van der Waals surface area contributed by atoms with Crippen molar-refractivity contribution in [2.24, 2.45) is 0 Å². The zero-order valence-corrected chi connectivity index (χ0v) is 13.1. The lowest BCUT2D eigenvalue weighted by Gasteiger charge is -2.20. The van der Waals surface area contributed by atoms with Gasteiger partial charge in [-0.3, -0.25) is 9.59 Å². The minimum atomic E-state index is -0.729. The van der Waals surface area contributed by atoms with Gasteiger partial charge in [-0.25, -0.2) is 4.98 Å². The van der Waals surface area contributed by atoms with Gasteiger partial charge in [0, 0.05) is 18.0 Å². The van der Waals surface area contributed by atoms with Crippen LogP contribution in [0.1, 0.15) is 24.9 Å². The fraction of sp³-hybridized carbons (Fsp3) is 0.214. The molecule has 3 aromatic rings. The van der Waals surface area contributed by atoms with Gasteiger partial charge in [0.25, 0.3) is 0 Å². The molecule has 6 nitrogen and oxygen atoms in total. The third kappa shape index (κ3) is 2.34. The van der Waals surface area contributed by atoms with Crippen molar-refractivity contribution in [2.45, 2.75) is 19.4 Å². The second kappa shape index (κ2) is 5.62. The van der Waals surface area contributed by atoms with Gasteiger partial charge in [0.2, 0.25) is 0 Å². The van der Waals surface area contributed by atoms with Crippen molar-refractivity contribution in [3.05, 3.63) is 61.1 Å². The average molecular weight is 339 g/mol. The Morgan fingerprint density at radius 1 is 1.27 bits per heavy atom. The minimum absolute atomic E-state index is 0.169. The maximum Gasteiger partial charge on any atom is 0.314 e. The van der Waals surface area contributed by atoms with Crippen molar-refractivity contribution in [3.8, 4) is 0 Å². The summed E-state index contributed by atoms with van der Waals surface area (Å²) in [5.41, 5.74) is 0.102. The Hall–Kier alpha value is -2.05. The van der Waals surface area contributed by atoms with Crippen LogP contribution in [0.25, 0.3) is 11.0 Å². The molecule has 114 valence electrons. The zero-order valence-electron chi connectivity index (χ0n) is 11.6. The van der Waals surface area contributed by atoms with E-state index in [1.54, 1.807) is 18.7 Å². The van der Waals surface area contributed by atoms with Crippen LogP contribution in [-0.2, 0) is 0 Å². The zero-order chi connectivity index (χ0) is 15.9. The smallest absolute Gasteiger partial charge is 0.314 e. The molecule has 0 saturated heterocycles. The fourth-order valence-electron chi connectivity index (χ4n) is 2.56. The predicted octanol–water partition coefficient (Wildman–Crippen LogP) is 2.72. The van der Waals surface area contributed by atoms with Gasteiger partial charge >= 0.3 is 11.1 Å². The summed E-state index contributed by atoms with van der Waals surface area (Å²) in [6.07, 6.45) is 5.84. The average Bonchev–Trinajstić information content (AvgIpc) is 3.00. The van der Waals surface area contributed by atoms with Crippen molar-refractivity contribution < 1.29 is 0 Å². The molecular weight excluding hydrogens is 327 g/mol. The van der Waals surface area contributed by atoms with Gasteiger partial charge in [-0.1, -0.05) is 30.1 Å². The van der Waals surface area contributed by atoms with Gasteiger partial charge < -0.3 is 14.5 Å². The number of nitrogens with zero attached hydrogens (tertiary/aromatic N) is 2. The van der Waals surface area contributed by atoms with Crippen molar-refractivity contribution in [3.63, 3.8) is 0 Å². The second-order valence-electron chi connectivity index (χ2n) is 4.85. The number of nitrogens with one attached hydrogen (secondary N) is 2. The fourth-order valence-corrected chi connectivity index (χ4v) is 3.04. The van der Waals surface area contributed by atoms with Crippen molar-refractivity contribution in [2.75, 3.05) is 0 Å². The number of imidazole rings is 1. The number of H-pyrrole nitrogens is 2. The topological polar surface area (TPSA) is 83.5 Å². The third-order valence-electron chi connectivity index (χ3n) is 3.55. The molecule has 0 spiro atoms. The van der Waals surface area contributed by atoms with E-state index < -0.39 is 11.1 Å². The maximum atomic E-state index is 11.7. The molecule has 1 atom stereocenters. The lowest BCUT2D eigenvalue weighted by molar-refractivity contribution is 0.569. The first-order valence-electron chi connectivity index (χ1n) is 6.64. The molecule has 22 heavy (non-hydrogen) atoms. The van der Waals surface area contributed by atoms with Crippen molar-refractivity contribution >= 4 is 34.2 Å². The lowest BCUT2D eigenvalue weighted by atomic mass is 10.0. The molecule has 2 aromatic heterocycles. The Kier molecular flexibility index (Phi) is 3.80. The van der Waals surface area contributed by atoms with Crippen LogP contribution in [0.5, 0.6) is 0 Å². The number of halogens is 2. The molecule has 1 unspecified atom stereocenters. The van der Waals surface area contributed by atoms with E-state index in [-0.39, 0.29) is 6.04 Å². The summed E-state index contributed by atoms with van der Waals surface area (Å²) < 4.78 is 1.88. The van der Waals surface area contributed by atoms with Gasteiger partial charge in [-0.2, -0.15) is 0 Å². The Balaban J connectivity index is 2.40. The summed E-state index contributed by atoms with van der Waals surface area (Å²) in [6, 6.07) is 1.36. The van der Waals surface area contributed by atoms with Crippen LogP contribution in [0.15, 0.2) is 34.4 Å². The lowest BCUT2D eigenvalue weighted by Crippen LogP contribution is -2.29. The van der Waals surface area contributed by atoms with Crippen LogP contribution in [-0.4, -0.2) is 19.5 Å². The van der Waals surface area contributed by atoms with Gasteiger partial charge in [0.05, 0.1) is 33.4 Å². The summed E-state index contributed by atoms with van der Waals surface area (Å²) in [6.45, 7) is 1.98. The molecule has 3 rings (SSSR count). The second-order valence-corrected chi connectivity index (χ2v) is 5.64. The van der Waals surface area contributed by atoms with E-state index in [2.05, 4.69) is 15.0 Å². The highest BCUT2D eigenvalue weighted by Gasteiger charge is 2.21. The molecule has 1 aromatic carbocycles. The van der Waals surface area contributed by atoms with E-state index in [0.717, 1.165) is 0 Å². The van der Waals surface area contributed by atoms with Crippen LogP contribution in [0, 0.1) is 0 Å². The van der Waals surface area contributed by atoms with E-state index in [1.807, 2.05) is 11.5 Å². The first-order valence-corrected chi connectivity index (χ1v) is 7.40. The molecule has 8 heteroatoms. The number of aromatic nitrogens is 4. The molecule has 2 heterocycles. The van der Waals surface area contributed by atoms with E-state index >= 15 is 0 Å². The number of rotatable bonds is 3. The highest BCUT2D eigenvalue weighted by Crippen LogP contribution is 2.37. The highest BCUT2D eigenvalue weighted by molar-refractivity contribution is 6.43. The predicted molar refractivity (Wildman–Crippen MR) is 85.9 cm³/mol. The monoisotopic (exact) mass is 338 g/mol. The Bertz CT molecular complexity index is 944. The van der Waals surface area contributed by atoms with Gasteiger partial charge in [0.15, 0.2) is 0 Å². The SMILES string of the molecule is CCC(c1c(Cl)c(Cl)cc2[nH]c(=O)c(=O)[nH]c12)n1ccnc1. The largest absolute Gasteiger partial charge is 0.330 e. The van der Waals surface area contributed by atoms with Gasteiger partial charge in [0.1, 0.15) is 0 Å². The Morgan fingerprint density at radius 2 is 2.00 bits per heavy atom. The molecule has 0 aliphatic heterocycles. The summed E-state index contributed by atoms with van der Waals surface area (Å²) in [7, 11) is 0. The summed E-state index contributed by atoms with van der Waals surface area (Å²) in [5.74, 6) is 0. The summed E-state index contributed by atoms with van der Waals surface area (Å²) >= 11 is 12.6. The Morgan fingerprint density at radius 3 is 2.64 bits per heavy atom. The number of hydrogen-bond donors (Lipinski definition) is 2. The van der Waals surface area contributed by atoms with Crippen molar-refractivity contribution in [1.29, 1.82) is 0 Å². The molecule has 0 aliphatic rings. The number of benzene rings is 1. The van der Waals surface area contributed by atoms with Crippen LogP contribution in [0.2, 0.25) is 10.0 Å². The first kappa shape index (κ1) is 14.9. The van der Waals surface area contributed by atoms with Gasteiger partial charge in [-0.15, -0.1) is 0 Å². The number of fused-ring (bicyclic) bond motifs is 1. The van der Waals surface area contributed by atoms with E-state index in [4.69, 9.17) is 23.2 Å². The van der Waals surface area contributed by atoms with E-state index in [0.29, 0.717) is 33.1 Å². The summed E-state index contributed by atoms with van der Waals surface area (Å²) in [4.78, 5) is 32.4. The molecule has 0 aliphatic carbocycles. The van der Waals surface area contributed by atoms with Gasteiger partial charge in [-0.05, 0) is 12.5 Å². The molecule has 0 amide bonds. The van der Waals surface area contributed by atoms with Crippen LogP contribution in [0.3, 0.4) is 0 Å². The third-order valence-corrected chi connectivity index (χ3v) is 4.36. The molecule has 2 N–H and O–H groups in total. The van der Waals surface area contributed by atoms with E-state index in [9.17, 15) is 9.59 Å². The molecular formula is C14H12Cl2N4O2. The quantitative estimate of drug-likeness (QED) is 0.720. The minimum Gasteiger partial charge on any atom is -0.330 e. The standard InChI is InChI=1S/C14H12Cl2N4O2/c1-2-9(20-4-3-17-6-20)10-11(16)7(15)5-8-12(10)19-14(22)13(21)18-8/h3-6,9H,2H2,1H3,(H,18,21)(H,19,22). The summed E-state index contributed by atoms with van der Waals surface area (Å²) in [5, 5.41) is 0.655. The first-order chi connectivity index (χ1) is 10.5. The molecule has 0 saturated carbocycles. The molecule has 0 bridgehead atoms. The Labute approximate surface area is 134 Å². The maximum absolute atomic E-state index is 11.7. The normalized spacial score (nSPS) is 12.7. The van der Waals surface area contributed by atoms with Crippen LogP contribution >= 0.6 is 23.2 Å². The van der Waals surface area contributed by atoms with E-state index in [1.165, 1.54) is 6.07 Å². The van der Waals surface area contributed by atoms with Crippen LogP contribution < -0.4 is 11.1 Å². The molecule has 0 fully saturated rings. The molecule has 0 radical (unpaired) electrons. The number of hydrogen-bond acceptors (Lipinski definition) is 3. The highest BCUT2D eigenvalue weighted by atomic mass is 35.5. The van der Waals surface area contributed by atoms with Crippen LogP contribution in [0.4, 0.5) is 0 Å².